The number of imidazole rings is 1. The average Bonchev–Trinajstić information content (AvgIpc) is 3.49. The first-order chi connectivity index (χ1) is 14.7. The molecule has 8 heteroatoms. The zero-order valence-electron chi connectivity index (χ0n) is 17.0. The topological polar surface area (TPSA) is 89.8 Å². The second-order valence-corrected chi connectivity index (χ2v) is 7.04. The minimum absolute atomic E-state index is 0.0642. The van der Waals surface area contributed by atoms with E-state index >= 15 is 0 Å². The molecule has 30 heavy (non-hydrogen) atoms. The number of nitrogens with zero attached hydrogens (tertiary/aromatic N) is 4. The van der Waals surface area contributed by atoms with Crippen LogP contribution in [-0.2, 0) is 6.54 Å². The fraction of sp³-hybridized carbons (Fsp3) is 0.318. The third-order valence-electron chi connectivity index (χ3n) is 5.03. The van der Waals surface area contributed by atoms with E-state index in [1.165, 1.54) is 6.26 Å². The van der Waals surface area contributed by atoms with Crippen LogP contribution in [0.4, 0.5) is 0 Å². The van der Waals surface area contributed by atoms with Crippen LogP contribution >= 0.6 is 0 Å². The predicted molar refractivity (Wildman–Crippen MR) is 115 cm³/mol. The van der Waals surface area contributed by atoms with E-state index in [0.717, 1.165) is 29.6 Å². The normalized spacial score (nSPS) is 14.8. The van der Waals surface area contributed by atoms with Gasteiger partial charge in [0.05, 0.1) is 18.2 Å². The summed E-state index contributed by atoms with van der Waals surface area (Å²) in [5.74, 6) is 1.97. The second kappa shape index (κ2) is 9.30. The van der Waals surface area contributed by atoms with E-state index < -0.39 is 0 Å². The molecule has 1 saturated heterocycles. The summed E-state index contributed by atoms with van der Waals surface area (Å²) in [4.78, 5) is 29.0. The molecule has 1 fully saturated rings. The van der Waals surface area contributed by atoms with Crippen molar-refractivity contribution < 1.29 is 9.21 Å². The number of nitrogens with one attached hydrogen (secondary N) is 2. The van der Waals surface area contributed by atoms with Crippen molar-refractivity contribution in [3.8, 4) is 11.3 Å². The van der Waals surface area contributed by atoms with E-state index in [2.05, 4.69) is 20.2 Å². The van der Waals surface area contributed by atoms with Crippen molar-refractivity contribution in [1.29, 1.82) is 0 Å². The summed E-state index contributed by atoms with van der Waals surface area (Å²) in [6.45, 7) is 5.97. The largest absolute Gasteiger partial charge is 0.459 e. The van der Waals surface area contributed by atoms with Crippen LogP contribution in [0.1, 0.15) is 23.3 Å². The van der Waals surface area contributed by atoms with Crippen LogP contribution in [0.5, 0.6) is 0 Å². The Bertz CT molecular complexity index is 972. The molecule has 4 rings (SSSR count). The van der Waals surface area contributed by atoms with Gasteiger partial charge in [0.1, 0.15) is 12.4 Å². The first-order valence-corrected chi connectivity index (χ1v) is 10.2. The van der Waals surface area contributed by atoms with E-state index in [4.69, 9.17) is 9.41 Å². The summed E-state index contributed by atoms with van der Waals surface area (Å²) in [5, 5.41) is 3.34. The highest BCUT2D eigenvalue weighted by Gasteiger charge is 2.25. The lowest BCUT2D eigenvalue weighted by Gasteiger charge is -2.36. The lowest BCUT2D eigenvalue weighted by atomic mass is 10.2. The van der Waals surface area contributed by atoms with Gasteiger partial charge in [-0.3, -0.25) is 4.79 Å². The number of hydrogen-bond donors (Lipinski definition) is 2. The maximum Gasteiger partial charge on any atom is 0.289 e. The Labute approximate surface area is 175 Å². The zero-order valence-corrected chi connectivity index (χ0v) is 17.0. The molecular formula is C22H26N6O2. The van der Waals surface area contributed by atoms with Gasteiger partial charge in [0, 0.05) is 32.7 Å². The van der Waals surface area contributed by atoms with Gasteiger partial charge in [-0.2, -0.15) is 0 Å². The first kappa shape index (κ1) is 19.8. The van der Waals surface area contributed by atoms with Crippen molar-refractivity contribution in [2.24, 2.45) is 4.99 Å². The van der Waals surface area contributed by atoms with Gasteiger partial charge in [-0.05, 0) is 24.6 Å². The van der Waals surface area contributed by atoms with Gasteiger partial charge in [-0.15, -0.1) is 0 Å². The van der Waals surface area contributed by atoms with Crippen molar-refractivity contribution in [3.63, 3.8) is 0 Å². The molecule has 0 radical (unpaired) electrons. The molecule has 3 aromatic rings. The fourth-order valence-corrected chi connectivity index (χ4v) is 3.46. The van der Waals surface area contributed by atoms with Crippen LogP contribution in [0.15, 0.2) is 64.3 Å². The summed E-state index contributed by atoms with van der Waals surface area (Å²) in [5.41, 5.74) is 2.08. The monoisotopic (exact) mass is 406 g/mol. The summed E-state index contributed by atoms with van der Waals surface area (Å²) < 4.78 is 5.23. The number of benzene rings is 1. The average molecular weight is 406 g/mol. The number of hydrogen-bond acceptors (Lipinski definition) is 4. The number of aromatic amines is 1. The number of aliphatic imine (C=N–C) groups is 1. The van der Waals surface area contributed by atoms with Crippen LogP contribution in [0, 0.1) is 0 Å². The number of carbonyl (C=O) groups excluding carboxylic acids is 1. The van der Waals surface area contributed by atoms with E-state index in [-0.39, 0.29) is 5.91 Å². The van der Waals surface area contributed by atoms with Gasteiger partial charge in [0.15, 0.2) is 11.7 Å². The molecule has 1 amide bonds. The third kappa shape index (κ3) is 4.53. The molecule has 0 saturated carbocycles. The van der Waals surface area contributed by atoms with E-state index in [0.29, 0.717) is 38.5 Å². The maximum absolute atomic E-state index is 12.4. The minimum Gasteiger partial charge on any atom is -0.459 e. The quantitative estimate of drug-likeness (QED) is 0.502. The molecule has 0 atom stereocenters. The Morgan fingerprint density at radius 2 is 1.90 bits per heavy atom. The number of amides is 1. The Hall–Kier alpha value is -3.55. The van der Waals surface area contributed by atoms with Crippen LogP contribution in [0.3, 0.4) is 0 Å². The van der Waals surface area contributed by atoms with E-state index in [1.54, 1.807) is 12.1 Å². The van der Waals surface area contributed by atoms with Crippen molar-refractivity contribution in [2.75, 3.05) is 32.7 Å². The van der Waals surface area contributed by atoms with Crippen molar-refractivity contribution >= 4 is 11.9 Å². The molecule has 0 unspecified atom stereocenters. The van der Waals surface area contributed by atoms with Gasteiger partial charge >= 0.3 is 0 Å². The smallest absolute Gasteiger partial charge is 0.289 e. The highest BCUT2D eigenvalue weighted by atomic mass is 16.3. The second-order valence-electron chi connectivity index (χ2n) is 7.04. The number of aromatic nitrogens is 2. The molecule has 0 bridgehead atoms. The first-order valence-electron chi connectivity index (χ1n) is 10.2. The summed E-state index contributed by atoms with van der Waals surface area (Å²) in [7, 11) is 0. The Balaban J connectivity index is 1.38. The molecule has 1 aliphatic rings. The molecule has 2 N–H and O–H groups in total. The lowest BCUT2D eigenvalue weighted by Crippen LogP contribution is -2.53. The number of piperazine rings is 1. The molecular weight excluding hydrogens is 380 g/mol. The Kier molecular flexibility index (Phi) is 6.12. The minimum atomic E-state index is -0.0642. The van der Waals surface area contributed by atoms with Crippen LogP contribution in [-0.4, -0.2) is 64.4 Å². The van der Waals surface area contributed by atoms with Crippen molar-refractivity contribution in [1.82, 2.24) is 25.1 Å². The number of guanidine groups is 1. The number of carbonyl (C=O) groups is 1. The Morgan fingerprint density at radius 1 is 1.13 bits per heavy atom. The summed E-state index contributed by atoms with van der Waals surface area (Å²) >= 11 is 0. The van der Waals surface area contributed by atoms with Crippen molar-refractivity contribution in [3.05, 3.63) is 66.5 Å². The molecule has 1 aromatic carbocycles. The van der Waals surface area contributed by atoms with Crippen LogP contribution in [0.2, 0.25) is 0 Å². The maximum atomic E-state index is 12.4. The molecule has 156 valence electrons. The predicted octanol–water partition coefficient (Wildman–Crippen LogP) is 2.59. The molecule has 2 aromatic heterocycles. The standard InChI is InChI=1S/C22H26N6O2/c1-2-23-22(25-16-20-24-15-18(26-20)17-7-4-3-5-8-17)28-12-10-27(11-13-28)21(29)19-9-6-14-30-19/h3-9,14-15H,2,10-13,16H2,1H3,(H,23,25)(H,24,26). The lowest BCUT2D eigenvalue weighted by molar-refractivity contribution is 0.0657. The van der Waals surface area contributed by atoms with Gasteiger partial charge in [-0.25, -0.2) is 9.98 Å². The molecule has 0 spiro atoms. The molecule has 0 aliphatic carbocycles. The number of rotatable bonds is 5. The van der Waals surface area contributed by atoms with Crippen LogP contribution in [0.25, 0.3) is 11.3 Å². The van der Waals surface area contributed by atoms with E-state index in [1.807, 2.05) is 48.4 Å². The van der Waals surface area contributed by atoms with Crippen LogP contribution < -0.4 is 5.32 Å². The van der Waals surface area contributed by atoms with Crippen molar-refractivity contribution in [2.45, 2.75) is 13.5 Å². The van der Waals surface area contributed by atoms with Gasteiger partial charge in [0.25, 0.3) is 5.91 Å². The third-order valence-corrected chi connectivity index (χ3v) is 5.03. The number of H-pyrrole nitrogens is 1. The highest BCUT2D eigenvalue weighted by Crippen LogP contribution is 2.16. The molecule has 8 nitrogen and oxygen atoms in total. The van der Waals surface area contributed by atoms with Gasteiger partial charge in [0.2, 0.25) is 0 Å². The van der Waals surface area contributed by atoms with Gasteiger partial charge in [-0.1, -0.05) is 30.3 Å². The fourth-order valence-electron chi connectivity index (χ4n) is 3.46. The SMILES string of the molecule is CCNC(=NCc1ncc(-c2ccccc2)[nH]1)N1CCN(C(=O)c2ccco2)CC1. The summed E-state index contributed by atoms with van der Waals surface area (Å²) in [6.07, 6.45) is 3.36. The molecule has 3 heterocycles. The van der Waals surface area contributed by atoms with Gasteiger partial charge < -0.3 is 24.5 Å². The van der Waals surface area contributed by atoms with E-state index in [9.17, 15) is 4.79 Å². The number of furan rings is 1. The zero-order chi connectivity index (χ0) is 20.8. The Morgan fingerprint density at radius 3 is 2.60 bits per heavy atom. The summed E-state index contributed by atoms with van der Waals surface area (Å²) in [6, 6.07) is 13.5. The highest BCUT2D eigenvalue weighted by molar-refractivity contribution is 5.91. The molecule has 1 aliphatic heterocycles.